The van der Waals surface area contributed by atoms with Gasteiger partial charge in [0, 0.05) is 25.8 Å². The summed E-state index contributed by atoms with van der Waals surface area (Å²) in [6.07, 6.45) is 2.96. The molecule has 3 aromatic rings. The van der Waals surface area contributed by atoms with Gasteiger partial charge in [-0.25, -0.2) is 9.97 Å². The fourth-order valence-corrected chi connectivity index (χ4v) is 3.62. The topological polar surface area (TPSA) is 54.2 Å². The molecule has 0 amide bonds. The number of aliphatic hydroxyl groups is 1. The van der Waals surface area contributed by atoms with Crippen LogP contribution in [0.4, 0.5) is 0 Å². The number of aromatic nitrogens is 3. The number of pyridine rings is 1. The van der Waals surface area contributed by atoms with Crippen LogP contribution >= 0.6 is 0 Å². The molecule has 0 unspecified atom stereocenters. The maximum Gasteiger partial charge on any atom is 0.160 e. The molecular weight excluding hydrogens is 300 g/mol. The first kappa shape index (κ1) is 15.3. The van der Waals surface area contributed by atoms with Gasteiger partial charge in [-0.15, -0.1) is 0 Å². The van der Waals surface area contributed by atoms with Crippen molar-refractivity contribution < 1.29 is 5.11 Å². The van der Waals surface area contributed by atoms with Crippen LogP contribution in [-0.4, -0.2) is 37.6 Å². The van der Waals surface area contributed by atoms with Gasteiger partial charge in [0.15, 0.2) is 5.65 Å². The number of benzene rings is 1. The number of nitrogens with zero attached hydrogens (tertiary/aromatic N) is 4. The van der Waals surface area contributed by atoms with Gasteiger partial charge in [-0.1, -0.05) is 30.3 Å². The molecule has 0 radical (unpaired) electrons. The van der Waals surface area contributed by atoms with Crippen LogP contribution in [0.25, 0.3) is 11.2 Å². The average molecular weight is 322 g/mol. The standard InChI is InChI=1S/C19H22N4O/c24-14-18-21-17-7-4-9-20-19(17)23(18)13-16-8-10-22(12-16)11-15-5-2-1-3-6-15/h1-7,9,16,24H,8,10-14H2/t16-/m0/s1. The molecule has 1 aromatic carbocycles. The van der Waals surface area contributed by atoms with Crippen molar-refractivity contribution in [2.75, 3.05) is 13.1 Å². The van der Waals surface area contributed by atoms with Crippen LogP contribution in [0.1, 0.15) is 17.8 Å². The van der Waals surface area contributed by atoms with E-state index >= 15 is 0 Å². The lowest BCUT2D eigenvalue weighted by Crippen LogP contribution is -2.22. The van der Waals surface area contributed by atoms with Gasteiger partial charge in [-0.2, -0.15) is 0 Å². The minimum absolute atomic E-state index is 0.0448. The van der Waals surface area contributed by atoms with Crippen molar-refractivity contribution in [1.29, 1.82) is 0 Å². The van der Waals surface area contributed by atoms with Crippen molar-refractivity contribution in [1.82, 2.24) is 19.4 Å². The summed E-state index contributed by atoms with van der Waals surface area (Å²) >= 11 is 0. The van der Waals surface area contributed by atoms with Gasteiger partial charge in [-0.3, -0.25) is 4.90 Å². The summed E-state index contributed by atoms with van der Waals surface area (Å²) in [5.41, 5.74) is 3.10. The van der Waals surface area contributed by atoms with Crippen molar-refractivity contribution in [3.05, 3.63) is 60.0 Å². The summed E-state index contributed by atoms with van der Waals surface area (Å²) in [7, 11) is 0. The molecule has 0 bridgehead atoms. The molecule has 24 heavy (non-hydrogen) atoms. The highest BCUT2D eigenvalue weighted by atomic mass is 16.3. The van der Waals surface area contributed by atoms with Crippen molar-refractivity contribution >= 4 is 11.2 Å². The highest BCUT2D eigenvalue weighted by molar-refractivity contribution is 5.71. The largest absolute Gasteiger partial charge is 0.388 e. The predicted molar refractivity (Wildman–Crippen MR) is 93.3 cm³/mol. The fourth-order valence-electron chi connectivity index (χ4n) is 3.62. The zero-order chi connectivity index (χ0) is 16.4. The SMILES string of the molecule is OCc1nc2cccnc2n1C[C@H]1CCN(Cc2ccccc2)C1. The van der Waals surface area contributed by atoms with Crippen LogP contribution in [0, 0.1) is 5.92 Å². The normalized spacial score (nSPS) is 18.5. The van der Waals surface area contributed by atoms with E-state index < -0.39 is 0 Å². The van der Waals surface area contributed by atoms with Crippen molar-refractivity contribution in [2.24, 2.45) is 5.92 Å². The lowest BCUT2D eigenvalue weighted by Gasteiger charge is -2.17. The van der Waals surface area contributed by atoms with E-state index in [1.54, 1.807) is 6.20 Å². The Morgan fingerprint density at radius 1 is 1.12 bits per heavy atom. The Morgan fingerprint density at radius 2 is 2.00 bits per heavy atom. The Kier molecular flexibility index (Phi) is 4.28. The second-order valence-electron chi connectivity index (χ2n) is 6.52. The fraction of sp³-hybridized carbons (Fsp3) is 0.368. The molecule has 0 spiro atoms. The summed E-state index contributed by atoms with van der Waals surface area (Å²) < 4.78 is 2.09. The molecule has 0 aliphatic carbocycles. The molecule has 5 heteroatoms. The van der Waals surface area contributed by atoms with Gasteiger partial charge in [0.05, 0.1) is 0 Å². The van der Waals surface area contributed by atoms with Crippen LogP contribution in [-0.2, 0) is 19.7 Å². The van der Waals surface area contributed by atoms with E-state index in [1.165, 1.54) is 12.0 Å². The van der Waals surface area contributed by atoms with Crippen molar-refractivity contribution in [3.63, 3.8) is 0 Å². The van der Waals surface area contributed by atoms with Crippen LogP contribution < -0.4 is 0 Å². The Balaban J connectivity index is 1.47. The number of hydrogen-bond donors (Lipinski definition) is 1. The lowest BCUT2D eigenvalue weighted by atomic mass is 10.1. The molecule has 1 saturated heterocycles. The van der Waals surface area contributed by atoms with E-state index in [-0.39, 0.29) is 6.61 Å². The molecule has 1 atom stereocenters. The molecule has 4 rings (SSSR count). The lowest BCUT2D eigenvalue weighted by molar-refractivity contribution is 0.260. The third kappa shape index (κ3) is 3.05. The van der Waals surface area contributed by atoms with Gasteiger partial charge >= 0.3 is 0 Å². The molecular formula is C19H22N4O. The molecule has 0 saturated carbocycles. The van der Waals surface area contributed by atoms with Gasteiger partial charge in [0.1, 0.15) is 17.9 Å². The molecule has 1 N–H and O–H groups in total. The van der Waals surface area contributed by atoms with Gasteiger partial charge in [0.25, 0.3) is 0 Å². The average Bonchev–Trinajstić information content (AvgIpc) is 3.21. The van der Waals surface area contributed by atoms with Crippen LogP contribution in [0.5, 0.6) is 0 Å². The van der Waals surface area contributed by atoms with E-state index in [4.69, 9.17) is 0 Å². The van der Waals surface area contributed by atoms with Gasteiger partial charge in [0.2, 0.25) is 0 Å². The summed E-state index contributed by atoms with van der Waals surface area (Å²) in [5, 5.41) is 9.62. The quantitative estimate of drug-likeness (QED) is 0.784. The highest BCUT2D eigenvalue weighted by Crippen LogP contribution is 2.23. The van der Waals surface area contributed by atoms with E-state index in [0.717, 1.165) is 37.3 Å². The molecule has 1 fully saturated rings. The Hall–Kier alpha value is -2.24. The van der Waals surface area contributed by atoms with Crippen molar-refractivity contribution in [2.45, 2.75) is 26.1 Å². The first-order chi connectivity index (χ1) is 11.8. The molecule has 5 nitrogen and oxygen atoms in total. The van der Waals surface area contributed by atoms with Gasteiger partial charge in [-0.05, 0) is 36.6 Å². The highest BCUT2D eigenvalue weighted by Gasteiger charge is 2.24. The second-order valence-corrected chi connectivity index (χ2v) is 6.52. The Bertz CT molecular complexity index is 815. The molecule has 2 aromatic heterocycles. The number of aliphatic hydroxyl groups excluding tert-OH is 1. The zero-order valence-corrected chi connectivity index (χ0v) is 13.7. The van der Waals surface area contributed by atoms with Gasteiger partial charge < -0.3 is 9.67 Å². The Morgan fingerprint density at radius 3 is 2.83 bits per heavy atom. The predicted octanol–water partition coefficient (Wildman–Crippen LogP) is 2.45. The third-order valence-electron chi connectivity index (χ3n) is 4.78. The van der Waals surface area contributed by atoms with Crippen molar-refractivity contribution in [3.8, 4) is 0 Å². The molecule has 1 aliphatic heterocycles. The minimum Gasteiger partial charge on any atom is -0.388 e. The number of imidazole rings is 1. The number of likely N-dealkylation sites (tertiary alicyclic amines) is 1. The second kappa shape index (κ2) is 6.71. The number of fused-ring (bicyclic) bond motifs is 1. The summed E-state index contributed by atoms with van der Waals surface area (Å²) in [4.78, 5) is 11.5. The summed E-state index contributed by atoms with van der Waals surface area (Å²) in [6, 6.07) is 14.5. The maximum atomic E-state index is 9.62. The first-order valence-corrected chi connectivity index (χ1v) is 8.51. The number of rotatable bonds is 5. The van der Waals surface area contributed by atoms with Crippen LogP contribution in [0.3, 0.4) is 0 Å². The monoisotopic (exact) mass is 322 g/mol. The Labute approximate surface area is 141 Å². The molecule has 3 heterocycles. The first-order valence-electron chi connectivity index (χ1n) is 8.51. The third-order valence-corrected chi connectivity index (χ3v) is 4.78. The zero-order valence-electron chi connectivity index (χ0n) is 13.7. The molecule has 1 aliphatic rings. The smallest absolute Gasteiger partial charge is 0.160 e. The minimum atomic E-state index is -0.0448. The maximum absolute atomic E-state index is 9.62. The van der Waals surface area contributed by atoms with E-state index in [1.807, 2.05) is 12.1 Å². The summed E-state index contributed by atoms with van der Waals surface area (Å²) in [5.74, 6) is 1.28. The van der Waals surface area contributed by atoms with E-state index in [0.29, 0.717) is 11.7 Å². The van der Waals surface area contributed by atoms with Crippen LogP contribution in [0.15, 0.2) is 48.7 Å². The van der Waals surface area contributed by atoms with Crippen LogP contribution in [0.2, 0.25) is 0 Å². The number of hydrogen-bond acceptors (Lipinski definition) is 4. The summed E-state index contributed by atoms with van der Waals surface area (Å²) in [6.45, 7) is 4.03. The van der Waals surface area contributed by atoms with E-state index in [2.05, 4.69) is 49.8 Å². The molecule has 124 valence electrons. The van der Waals surface area contributed by atoms with E-state index in [9.17, 15) is 5.11 Å².